The van der Waals surface area contributed by atoms with Crippen molar-refractivity contribution >= 4 is 27.3 Å². The standard InChI is InChI=1S/C21H24FN3O6S/c1-24(17-4-2-3-15(22)13-17)19-11-5-14(6-12-20(19)26)21(27)23-32(30,31)18-9-7-16(8-10-18)25(28)29/h2-4,7-10,13-14,19-20,26H,5-6,11-12H2,1H3,(H,23,27)/t14-,19+,20+/m1/s1. The number of hydrogen-bond acceptors (Lipinski definition) is 7. The van der Waals surface area contributed by atoms with E-state index in [9.17, 15) is 32.8 Å². The van der Waals surface area contributed by atoms with E-state index in [1.54, 1.807) is 24.1 Å². The van der Waals surface area contributed by atoms with Crippen LogP contribution < -0.4 is 9.62 Å². The molecule has 3 rings (SSSR count). The van der Waals surface area contributed by atoms with Crippen molar-refractivity contribution in [2.75, 3.05) is 11.9 Å². The van der Waals surface area contributed by atoms with Gasteiger partial charge in [-0.05, 0) is 56.0 Å². The second kappa shape index (κ2) is 9.61. The molecule has 2 aromatic rings. The van der Waals surface area contributed by atoms with Gasteiger partial charge in [-0.1, -0.05) is 6.07 Å². The molecule has 1 fully saturated rings. The molecule has 2 aromatic carbocycles. The minimum absolute atomic E-state index is 0.256. The Morgan fingerprint density at radius 3 is 2.44 bits per heavy atom. The number of nitro groups is 1. The van der Waals surface area contributed by atoms with Gasteiger partial charge in [0.05, 0.1) is 22.0 Å². The number of anilines is 1. The van der Waals surface area contributed by atoms with Crippen molar-refractivity contribution in [2.24, 2.45) is 5.92 Å². The third-order valence-corrected chi connectivity index (χ3v) is 7.11. The summed E-state index contributed by atoms with van der Waals surface area (Å²) in [6.07, 6.45) is 0.538. The molecule has 0 spiro atoms. The lowest BCUT2D eigenvalue weighted by Gasteiger charge is -2.32. The fourth-order valence-electron chi connectivity index (χ4n) is 3.90. The third kappa shape index (κ3) is 5.40. The van der Waals surface area contributed by atoms with Gasteiger partial charge in [-0.2, -0.15) is 0 Å². The van der Waals surface area contributed by atoms with Gasteiger partial charge in [-0.15, -0.1) is 0 Å². The summed E-state index contributed by atoms with van der Waals surface area (Å²) in [5, 5.41) is 21.3. The molecule has 0 aliphatic heterocycles. The first-order valence-corrected chi connectivity index (χ1v) is 11.5. The van der Waals surface area contributed by atoms with Gasteiger partial charge in [-0.3, -0.25) is 14.9 Å². The summed E-state index contributed by atoms with van der Waals surface area (Å²) < 4.78 is 40.6. The largest absolute Gasteiger partial charge is 0.391 e. The summed E-state index contributed by atoms with van der Waals surface area (Å²) in [6, 6.07) is 9.85. The third-order valence-electron chi connectivity index (χ3n) is 5.74. The van der Waals surface area contributed by atoms with Crippen molar-refractivity contribution in [3.63, 3.8) is 0 Å². The Balaban J connectivity index is 1.67. The van der Waals surface area contributed by atoms with Gasteiger partial charge in [0.25, 0.3) is 15.7 Å². The Hall–Kier alpha value is -3.05. The number of halogens is 1. The fraction of sp³-hybridized carbons (Fsp3) is 0.381. The van der Waals surface area contributed by atoms with E-state index in [4.69, 9.17) is 0 Å². The monoisotopic (exact) mass is 465 g/mol. The number of nitrogens with zero attached hydrogens (tertiary/aromatic N) is 2. The minimum Gasteiger partial charge on any atom is -0.391 e. The van der Waals surface area contributed by atoms with Crippen LogP contribution in [0.4, 0.5) is 15.8 Å². The molecule has 0 bridgehead atoms. The first-order chi connectivity index (χ1) is 15.1. The number of likely N-dealkylation sites (N-methyl/N-ethyl adjacent to an activating group) is 1. The highest BCUT2D eigenvalue weighted by Crippen LogP contribution is 2.30. The SMILES string of the molecule is CN(c1cccc(F)c1)[C@H]1CC[C@@H](C(=O)NS(=O)(=O)c2ccc([N+](=O)[O-])cc2)CC[C@@H]1O. The molecule has 1 aliphatic carbocycles. The number of sulfonamides is 1. The zero-order valence-corrected chi connectivity index (χ0v) is 18.2. The first kappa shape index (κ1) is 23.6. The number of carbonyl (C=O) groups is 1. The molecule has 1 aliphatic rings. The van der Waals surface area contributed by atoms with E-state index in [0.717, 1.165) is 24.3 Å². The number of aliphatic hydroxyl groups excluding tert-OH is 1. The van der Waals surface area contributed by atoms with Gasteiger partial charge < -0.3 is 10.0 Å². The lowest BCUT2D eigenvalue weighted by atomic mass is 9.99. The highest BCUT2D eigenvalue weighted by Gasteiger charge is 2.33. The average Bonchev–Trinajstić information content (AvgIpc) is 2.94. The molecule has 3 atom stereocenters. The van der Waals surface area contributed by atoms with Crippen molar-refractivity contribution in [3.05, 3.63) is 64.5 Å². The molecule has 0 radical (unpaired) electrons. The number of non-ortho nitro benzene ring substituents is 1. The number of carbonyl (C=O) groups excluding carboxylic acids is 1. The zero-order valence-electron chi connectivity index (χ0n) is 17.3. The smallest absolute Gasteiger partial charge is 0.269 e. The molecule has 1 amide bonds. The molecule has 2 N–H and O–H groups in total. The summed E-state index contributed by atoms with van der Waals surface area (Å²) >= 11 is 0. The van der Waals surface area contributed by atoms with Gasteiger partial charge in [0.2, 0.25) is 5.91 Å². The Bertz CT molecular complexity index is 1090. The first-order valence-electron chi connectivity index (χ1n) is 10.1. The number of aliphatic hydroxyl groups is 1. The van der Waals surface area contributed by atoms with Gasteiger partial charge in [0.1, 0.15) is 5.82 Å². The minimum atomic E-state index is -4.19. The van der Waals surface area contributed by atoms with E-state index in [-0.39, 0.29) is 29.5 Å². The number of benzene rings is 2. The summed E-state index contributed by atoms with van der Waals surface area (Å²) in [7, 11) is -2.45. The fourth-order valence-corrected chi connectivity index (χ4v) is 4.94. The van der Waals surface area contributed by atoms with Crippen LogP contribution in [0.15, 0.2) is 53.4 Å². The summed E-state index contributed by atoms with van der Waals surface area (Å²) in [5.74, 6) is -1.72. The van der Waals surface area contributed by atoms with Crippen molar-refractivity contribution in [1.82, 2.24) is 4.72 Å². The molecule has 0 saturated heterocycles. The second-order valence-corrected chi connectivity index (χ2v) is 9.48. The molecular formula is C21H24FN3O6S. The Labute approximate surface area is 185 Å². The van der Waals surface area contributed by atoms with E-state index < -0.39 is 38.7 Å². The lowest BCUT2D eigenvalue weighted by Crippen LogP contribution is -2.40. The topological polar surface area (TPSA) is 130 Å². The van der Waals surface area contributed by atoms with Crippen LogP contribution in [0.3, 0.4) is 0 Å². The van der Waals surface area contributed by atoms with Crippen LogP contribution in [0, 0.1) is 21.8 Å². The molecule has 0 unspecified atom stereocenters. The van der Waals surface area contributed by atoms with Crippen LogP contribution in [0.25, 0.3) is 0 Å². The maximum absolute atomic E-state index is 13.6. The van der Waals surface area contributed by atoms with E-state index in [0.29, 0.717) is 18.5 Å². The highest BCUT2D eigenvalue weighted by atomic mass is 32.2. The van der Waals surface area contributed by atoms with E-state index in [1.807, 2.05) is 4.72 Å². The number of nitro benzene ring substituents is 1. The summed E-state index contributed by atoms with van der Waals surface area (Å²) in [6.45, 7) is 0. The lowest BCUT2D eigenvalue weighted by molar-refractivity contribution is -0.384. The van der Waals surface area contributed by atoms with Crippen molar-refractivity contribution in [1.29, 1.82) is 0 Å². The quantitative estimate of drug-likeness (QED) is 0.381. The maximum Gasteiger partial charge on any atom is 0.269 e. The predicted molar refractivity (Wildman–Crippen MR) is 115 cm³/mol. The van der Waals surface area contributed by atoms with Crippen molar-refractivity contribution in [2.45, 2.75) is 42.7 Å². The summed E-state index contributed by atoms with van der Waals surface area (Å²) in [4.78, 5) is 24.3. The molecule has 1 saturated carbocycles. The maximum atomic E-state index is 13.6. The predicted octanol–water partition coefficient (Wildman–Crippen LogP) is 2.59. The number of rotatable bonds is 6. The Morgan fingerprint density at radius 1 is 1.16 bits per heavy atom. The van der Waals surface area contributed by atoms with Gasteiger partial charge in [0, 0.05) is 30.8 Å². The van der Waals surface area contributed by atoms with Crippen molar-refractivity contribution in [3.8, 4) is 0 Å². The normalized spacial score (nSPS) is 21.4. The van der Waals surface area contributed by atoms with Crippen LogP contribution >= 0.6 is 0 Å². The van der Waals surface area contributed by atoms with Crippen LogP contribution in [0.5, 0.6) is 0 Å². The number of hydrogen-bond donors (Lipinski definition) is 2. The Kier molecular flexibility index (Phi) is 7.09. The van der Waals surface area contributed by atoms with E-state index >= 15 is 0 Å². The number of nitrogens with one attached hydrogen (secondary N) is 1. The average molecular weight is 466 g/mol. The second-order valence-electron chi connectivity index (χ2n) is 7.80. The molecule has 9 nitrogen and oxygen atoms in total. The summed E-state index contributed by atoms with van der Waals surface area (Å²) in [5.41, 5.74) is 0.333. The Morgan fingerprint density at radius 2 is 1.81 bits per heavy atom. The van der Waals surface area contributed by atoms with Gasteiger partial charge in [0.15, 0.2) is 0 Å². The van der Waals surface area contributed by atoms with Crippen LogP contribution in [-0.2, 0) is 14.8 Å². The van der Waals surface area contributed by atoms with E-state index in [2.05, 4.69) is 0 Å². The molecule has 0 aromatic heterocycles. The van der Waals surface area contributed by atoms with Crippen molar-refractivity contribution < 1.29 is 27.6 Å². The molecular weight excluding hydrogens is 441 g/mol. The molecule has 172 valence electrons. The van der Waals surface area contributed by atoms with Crippen LogP contribution in [-0.4, -0.2) is 43.5 Å². The molecule has 0 heterocycles. The zero-order chi connectivity index (χ0) is 23.5. The molecule has 32 heavy (non-hydrogen) atoms. The van der Waals surface area contributed by atoms with Crippen LogP contribution in [0.2, 0.25) is 0 Å². The van der Waals surface area contributed by atoms with Gasteiger partial charge >= 0.3 is 0 Å². The van der Waals surface area contributed by atoms with Crippen LogP contribution in [0.1, 0.15) is 25.7 Å². The molecule has 11 heteroatoms. The number of amides is 1. The van der Waals surface area contributed by atoms with E-state index in [1.165, 1.54) is 12.1 Å². The highest BCUT2D eigenvalue weighted by molar-refractivity contribution is 7.90. The van der Waals surface area contributed by atoms with Gasteiger partial charge in [-0.25, -0.2) is 17.5 Å².